The first kappa shape index (κ1) is 6.78. The van der Waals surface area contributed by atoms with E-state index in [4.69, 9.17) is 5.73 Å². The smallest absolute Gasteiger partial charge is 0.0711 e. The van der Waals surface area contributed by atoms with Gasteiger partial charge in [-0.2, -0.15) is 0 Å². The Kier molecular flexibility index (Phi) is 1.60. The molecular formula is C7H13NO. The molecule has 52 valence electrons. The molecule has 0 unspecified atom stereocenters. The van der Waals surface area contributed by atoms with Crippen molar-refractivity contribution < 1.29 is 5.11 Å². The van der Waals surface area contributed by atoms with Gasteiger partial charge in [-0.3, -0.25) is 0 Å². The van der Waals surface area contributed by atoms with Gasteiger partial charge >= 0.3 is 0 Å². The average molecular weight is 127 g/mol. The number of aliphatic hydroxyl groups is 1. The normalized spacial score (nSPS) is 41.8. The molecule has 1 aliphatic rings. The highest BCUT2D eigenvalue weighted by atomic mass is 16.3. The van der Waals surface area contributed by atoms with Crippen LogP contribution in [0.1, 0.15) is 19.3 Å². The molecule has 0 bridgehead atoms. The molecule has 0 heterocycles. The molecule has 0 radical (unpaired) electrons. The largest absolute Gasteiger partial charge is 0.389 e. The highest BCUT2D eigenvalue weighted by molar-refractivity contribution is 4.99. The highest BCUT2D eigenvalue weighted by Crippen LogP contribution is 2.33. The topological polar surface area (TPSA) is 46.2 Å². The van der Waals surface area contributed by atoms with Gasteiger partial charge in [0.15, 0.2) is 0 Å². The van der Waals surface area contributed by atoms with Crippen LogP contribution in [0.2, 0.25) is 0 Å². The van der Waals surface area contributed by atoms with Crippen LogP contribution in [0.5, 0.6) is 0 Å². The van der Waals surface area contributed by atoms with Gasteiger partial charge in [0.05, 0.1) is 5.60 Å². The monoisotopic (exact) mass is 127 g/mol. The maximum absolute atomic E-state index is 9.43. The van der Waals surface area contributed by atoms with Crippen molar-refractivity contribution in [2.75, 3.05) is 0 Å². The summed E-state index contributed by atoms with van der Waals surface area (Å²) < 4.78 is 0. The summed E-state index contributed by atoms with van der Waals surface area (Å²) in [7, 11) is 0. The van der Waals surface area contributed by atoms with Gasteiger partial charge in [0.25, 0.3) is 0 Å². The minimum atomic E-state index is -0.499. The van der Waals surface area contributed by atoms with E-state index in [9.17, 15) is 5.11 Å². The van der Waals surface area contributed by atoms with E-state index in [1.807, 2.05) is 0 Å². The third-order valence-corrected chi connectivity index (χ3v) is 1.81. The third-order valence-electron chi connectivity index (χ3n) is 1.81. The van der Waals surface area contributed by atoms with E-state index in [1.165, 1.54) is 0 Å². The zero-order chi connectivity index (χ0) is 6.91. The lowest BCUT2D eigenvalue weighted by Crippen LogP contribution is -2.51. The lowest BCUT2D eigenvalue weighted by Gasteiger charge is -2.41. The summed E-state index contributed by atoms with van der Waals surface area (Å²) in [5.74, 6) is 0. The lowest BCUT2D eigenvalue weighted by molar-refractivity contribution is -0.0431. The number of nitrogens with two attached hydrogens (primary N) is 1. The van der Waals surface area contributed by atoms with Crippen molar-refractivity contribution in [2.45, 2.75) is 30.9 Å². The molecule has 0 aromatic heterocycles. The molecule has 0 aromatic carbocycles. The molecule has 1 aliphatic carbocycles. The van der Waals surface area contributed by atoms with Crippen LogP contribution in [0.25, 0.3) is 0 Å². The highest BCUT2D eigenvalue weighted by Gasteiger charge is 2.39. The Balaban J connectivity index is 2.31. The molecule has 0 aromatic rings. The van der Waals surface area contributed by atoms with Crippen molar-refractivity contribution in [3.05, 3.63) is 12.7 Å². The second kappa shape index (κ2) is 2.12. The summed E-state index contributed by atoms with van der Waals surface area (Å²) in [6, 6.07) is 0.218. The Morgan fingerprint density at radius 3 is 2.67 bits per heavy atom. The first-order chi connectivity index (χ1) is 4.16. The molecule has 1 fully saturated rings. The Bertz CT molecular complexity index is 116. The summed E-state index contributed by atoms with van der Waals surface area (Å²) in [6.45, 7) is 3.55. The van der Waals surface area contributed by atoms with Crippen molar-refractivity contribution >= 4 is 0 Å². The van der Waals surface area contributed by atoms with Gasteiger partial charge in [-0.15, -0.1) is 6.58 Å². The van der Waals surface area contributed by atoms with Crippen LogP contribution in [0, 0.1) is 0 Å². The van der Waals surface area contributed by atoms with E-state index < -0.39 is 5.60 Å². The van der Waals surface area contributed by atoms with Gasteiger partial charge in [-0.05, 0) is 19.3 Å². The second-order valence-corrected chi connectivity index (χ2v) is 2.89. The van der Waals surface area contributed by atoms with E-state index >= 15 is 0 Å². The standard InChI is InChI=1S/C7H13NO/c1-2-3-7(9)4-6(8)5-7/h2,6,9H,1,3-5,8H2. The maximum atomic E-state index is 9.43. The summed E-state index contributed by atoms with van der Waals surface area (Å²) in [6.07, 6.45) is 3.89. The summed E-state index contributed by atoms with van der Waals surface area (Å²) >= 11 is 0. The molecule has 2 heteroatoms. The van der Waals surface area contributed by atoms with Crippen LogP contribution >= 0.6 is 0 Å². The van der Waals surface area contributed by atoms with Crippen LogP contribution in [-0.4, -0.2) is 16.7 Å². The van der Waals surface area contributed by atoms with Crippen molar-refractivity contribution in [3.63, 3.8) is 0 Å². The summed E-state index contributed by atoms with van der Waals surface area (Å²) in [5.41, 5.74) is 4.99. The minimum Gasteiger partial charge on any atom is -0.389 e. The van der Waals surface area contributed by atoms with Crippen LogP contribution in [0.4, 0.5) is 0 Å². The lowest BCUT2D eigenvalue weighted by atomic mass is 9.74. The fourth-order valence-corrected chi connectivity index (χ4v) is 1.35. The van der Waals surface area contributed by atoms with Crippen molar-refractivity contribution in [1.29, 1.82) is 0 Å². The predicted molar refractivity (Wildman–Crippen MR) is 37.0 cm³/mol. The molecule has 0 spiro atoms. The fourth-order valence-electron chi connectivity index (χ4n) is 1.35. The number of rotatable bonds is 2. The van der Waals surface area contributed by atoms with E-state index in [2.05, 4.69) is 6.58 Å². The molecule has 0 aliphatic heterocycles. The Labute approximate surface area is 55.4 Å². The van der Waals surface area contributed by atoms with Crippen LogP contribution < -0.4 is 5.73 Å². The van der Waals surface area contributed by atoms with E-state index in [0.29, 0.717) is 6.42 Å². The zero-order valence-electron chi connectivity index (χ0n) is 5.51. The molecule has 2 nitrogen and oxygen atoms in total. The van der Waals surface area contributed by atoms with Crippen LogP contribution in [0.3, 0.4) is 0 Å². The van der Waals surface area contributed by atoms with Gasteiger partial charge in [0, 0.05) is 6.04 Å². The minimum absolute atomic E-state index is 0.218. The molecule has 3 N–H and O–H groups in total. The van der Waals surface area contributed by atoms with Crippen LogP contribution in [-0.2, 0) is 0 Å². The first-order valence-corrected chi connectivity index (χ1v) is 3.25. The van der Waals surface area contributed by atoms with Gasteiger partial charge in [0.1, 0.15) is 0 Å². The van der Waals surface area contributed by atoms with Crippen molar-refractivity contribution in [1.82, 2.24) is 0 Å². The van der Waals surface area contributed by atoms with Gasteiger partial charge in [-0.25, -0.2) is 0 Å². The maximum Gasteiger partial charge on any atom is 0.0711 e. The molecule has 0 saturated heterocycles. The van der Waals surface area contributed by atoms with Gasteiger partial charge in [-0.1, -0.05) is 6.08 Å². The Hall–Kier alpha value is -0.340. The predicted octanol–water partition coefficient (Wildman–Crippen LogP) is 0.415. The van der Waals surface area contributed by atoms with E-state index in [0.717, 1.165) is 12.8 Å². The fraction of sp³-hybridized carbons (Fsp3) is 0.714. The van der Waals surface area contributed by atoms with Crippen molar-refractivity contribution in [3.8, 4) is 0 Å². The summed E-state index contributed by atoms with van der Waals surface area (Å²) in [4.78, 5) is 0. The second-order valence-electron chi connectivity index (χ2n) is 2.89. The van der Waals surface area contributed by atoms with Crippen LogP contribution in [0.15, 0.2) is 12.7 Å². The van der Waals surface area contributed by atoms with Crippen molar-refractivity contribution in [2.24, 2.45) is 5.73 Å². The molecule has 1 rings (SSSR count). The number of hydrogen-bond donors (Lipinski definition) is 2. The molecule has 9 heavy (non-hydrogen) atoms. The number of hydrogen-bond acceptors (Lipinski definition) is 2. The average Bonchev–Trinajstić information content (AvgIpc) is 1.62. The zero-order valence-corrected chi connectivity index (χ0v) is 5.51. The molecule has 1 saturated carbocycles. The third kappa shape index (κ3) is 1.32. The summed E-state index contributed by atoms with van der Waals surface area (Å²) in [5, 5.41) is 9.43. The van der Waals surface area contributed by atoms with Gasteiger partial charge < -0.3 is 10.8 Å². The molecule has 0 amide bonds. The first-order valence-electron chi connectivity index (χ1n) is 3.25. The van der Waals surface area contributed by atoms with Gasteiger partial charge in [0.2, 0.25) is 0 Å². The molecular weight excluding hydrogens is 114 g/mol. The Morgan fingerprint density at radius 2 is 2.33 bits per heavy atom. The SMILES string of the molecule is C=CCC1(O)CC(N)C1. The quantitative estimate of drug-likeness (QED) is 0.528. The Morgan fingerprint density at radius 1 is 1.78 bits per heavy atom. The van der Waals surface area contributed by atoms with E-state index in [-0.39, 0.29) is 6.04 Å². The molecule has 0 atom stereocenters. The van der Waals surface area contributed by atoms with E-state index in [1.54, 1.807) is 6.08 Å².